The van der Waals surface area contributed by atoms with Crippen LogP contribution in [0.15, 0.2) is 36.4 Å². The van der Waals surface area contributed by atoms with Gasteiger partial charge in [-0.15, -0.1) is 0 Å². The Labute approximate surface area is 173 Å². The molecule has 1 saturated heterocycles. The minimum Gasteiger partial charge on any atom is -0.508 e. The fourth-order valence-corrected chi connectivity index (χ4v) is 5.01. The molecule has 2 aromatic carbocycles. The Morgan fingerprint density at radius 3 is 2.63 bits per heavy atom. The van der Waals surface area contributed by atoms with Crippen molar-refractivity contribution < 1.29 is 24.1 Å². The van der Waals surface area contributed by atoms with E-state index in [1.165, 1.54) is 6.07 Å². The predicted octanol–water partition coefficient (Wildman–Crippen LogP) is 4.87. The second-order valence-corrected chi connectivity index (χ2v) is 8.53. The van der Waals surface area contributed by atoms with Crippen LogP contribution in [0.4, 0.5) is 4.39 Å². The number of aromatic nitrogens is 1. The van der Waals surface area contributed by atoms with Crippen LogP contribution < -0.4 is 0 Å². The molecule has 2 aliphatic rings. The topological polar surface area (TPSA) is 71.7 Å². The highest BCUT2D eigenvalue weighted by Crippen LogP contribution is 2.50. The van der Waals surface area contributed by atoms with Gasteiger partial charge in [-0.25, -0.2) is 4.39 Å². The summed E-state index contributed by atoms with van der Waals surface area (Å²) < 4.78 is 21.8. The number of phenolic OH excluding ortho intramolecular Hbond substituents is 1. The van der Waals surface area contributed by atoms with Gasteiger partial charge < -0.3 is 19.5 Å². The van der Waals surface area contributed by atoms with E-state index in [2.05, 4.69) is 4.57 Å². The van der Waals surface area contributed by atoms with Gasteiger partial charge in [0, 0.05) is 29.3 Å². The molecule has 5 rings (SSSR count). The molecule has 6 heteroatoms. The Morgan fingerprint density at radius 2 is 1.97 bits per heavy atom. The molecule has 0 spiro atoms. The Bertz CT molecular complexity index is 1140. The first-order valence-electron chi connectivity index (χ1n) is 10.4. The molecule has 0 radical (unpaired) electrons. The second-order valence-electron chi connectivity index (χ2n) is 8.53. The smallest absolute Gasteiger partial charge is 0.306 e. The van der Waals surface area contributed by atoms with Crippen molar-refractivity contribution in [3.63, 3.8) is 0 Å². The SMILES string of the molecule is Cc1cc(-n2c([C@H]3CCOC3)c([C@H]3C[C@H](C(=O)O)C3)c3cc(O)ccc32)ccc1F. The number of halogens is 1. The molecule has 0 unspecified atom stereocenters. The maximum atomic E-state index is 14.0. The highest BCUT2D eigenvalue weighted by atomic mass is 19.1. The quantitative estimate of drug-likeness (QED) is 0.645. The summed E-state index contributed by atoms with van der Waals surface area (Å²) in [4.78, 5) is 11.4. The zero-order valence-corrected chi connectivity index (χ0v) is 16.8. The van der Waals surface area contributed by atoms with Gasteiger partial charge in [0.05, 0.1) is 18.0 Å². The zero-order valence-electron chi connectivity index (χ0n) is 16.8. The maximum absolute atomic E-state index is 14.0. The van der Waals surface area contributed by atoms with E-state index in [-0.39, 0.29) is 29.3 Å². The number of aliphatic carboxylic acids is 1. The average Bonchev–Trinajstić information content (AvgIpc) is 3.29. The number of aryl methyl sites for hydroxylation is 1. The molecule has 5 nitrogen and oxygen atoms in total. The number of benzene rings is 2. The number of nitrogens with zero attached hydrogens (tertiary/aromatic N) is 1. The number of rotatable bonds is 4. The van der Waals surface area contributed by atoms with E-state index in [0.29, 0.717) is 31.6 Å². The molecule has 1 atom stereocenters. The van der Waals surface area contributed by atoms with Crippen molar-refractivity contribution in [1.82, 2.24) is 4.57 Å². The minimum absolute atomic E-state index is 0.119. The molecule has 0 amide bonds. The summed E-state index contributed by atoms with van der Waals surface area (Å²) in [7, 11) is 0. The molecular formula is C24H24FNO4. The van der Waals surface area contributed by atoms with Crippen LogP contribution in [-0.2, 0) is 9.53 Å². The van der Waals surface area contributed by atoms with Gasteiger partial charge in [0.1, 0.15) is 11.6 Å². The molecular weight excluding hydrogens is 385 g/mol. The van der Waals surface area contributed by atoms with Gasteiger partial charge >= 0.3 is 5.97 Å². The van der Waals surface area contributed by atoms with Crippen LogP contribution in [0.2, 0.25) is 0 Å². The van der Waals surface area contributed by atoms with Crippen LogP contribution in [-0.4, -0.2) is 34.0 Å². The highest BCUT2D eigenvalue weighted by molar-refractivity contribution is 5.90. The van der Waals surface area contributed by atoms with Crippen LogP contribution in [0.1, 0.15) is 47.9 Å². The molecule has 1 aliphatic heterocycles. The summed E-state index contributed by atoms with van der Waals surface area (Å²) in [5.74, 6) is -0.858. The molecule has 2 fully saturated rings. The van der Waals surface area contributed by atoms with Crippen molar-refractivity contribution in [1.29, 1.82) is 0 Å². The van der Waals surface area contributed by atoms with E-state index < -0.39 is 5.97 Å². The molecule has 1 aliphatic carbocycles. The Morgan fingerprint density at radius 1 is 1.17 bits per heavy atom. The molecule has 2 heterocycles. The van der Waals surface area contributed by atoms with Crippen LogP contribution in [0.3, 0.4) is 0 Å². The summed E-state index contributed by atoms with van der Waals surface area (Å²) in [5, 5.41) is 20.5. The number of carboxylic acid groups (broad SMARTS) is 1. The lowest BCUT2D eigenvalue weighted by Crippen LogP contribution is -2.29. The van der Waals surface area contributed by atoms with E-state index >= 15 is 0 Å². The lowest BCUT2D eigenvalue weighted by Gasteiger charge is -2.34. The fraction of sp³-hybridized carbons (Fsp3) is 0.375. The van der Waals surface area contributed by atoms with E-state index in [1.54, 1.807) is 25.1 Å². The molecule has 1 aromatic heterocycles. The monoisotopic (exact) mass is 409 g/mol. The Balaban J connectivity index is 1.76. The van der Waals surface area contributed by atoms with Crippen LogP contribution >= 0.6 is 0 Å². The third-order valence-electron chi connectivity index (χ3n) is 6.64. The summed E-state index contributed by atoms with van der Waals surface area (Å²) in [6.07, 6.45) is 2.06. The van der Waals surface area contributed by atoms with Crippen molar-refractivity contribution in [2.24, 2.45) is 5.92 Å². The lowest BCUT2D eigenvalue weighted by atomic mass is 9.70. The first-order valence-corrected chi connectivity index (χ1v) is 10.4. The van der Waals surface area contributed by atoms with Gasteiger partial charge in [-0.1, -0.05) is 0 Å². The number of ether oxygens (including phenoxy) is 1. The number of phenols is 1. The summed E-state index contributed by atoms with van der Waals surface area (Å²) in [6, 6.07) is 10.4. The van der Waals surface area contributed by atoms with E-state index in [0.717, 1.165) is 34.3 Å². The van der Waals surface area contributed by atoms with Crippen molar-refractivity contribution in [3.8, 4) is 11.4 Å². The number of hydrogen-bond acceptors (Lipinski definition) is 3. The maximum Gasteiger partial charge on any atom is 0.306 e. The average molecular weight is 409 g/mol. The minimum atomic E-state index is -0.752. The molecule has 30 heavy (non-hydrogen) atoms. The Hall–Kier alpha value is -2.86. The molecule has 156 valence electrons. The van der Waals surface area contributed by atoms with Crippen molar-refractivity contribution >= 4 is 16.9 Å². The normalized spacial score (nSPS) is 23.6. The molecule has 3 aromatic rings. The van der Waals surface area contributed by atoms with Crippen molar-refractivity contribution in [3.05, 3.63) is 59.0 Å². The van der Waals surface area contributed by atoms with Crippen LogP contribution in [0, 0.1) is 18.7 Å². The van der Waals surface area contributed by atoms with E-state index in [9.17, 15) is 19.4 Å². The third kappa shape index (κ3) is 2.98. The Kier molecular flexibility index (Phi) is 4.54. The van der Waals surface area contributed by atoms with Crippen LogP contribution in [0.5, 0.6) is 5.75 Å². The second kappa shape index (κ2) is 7.13. The van der Waals surface area contributed by atoms with Gasteiger partial charge in [-0.3, -0.25) is 4.79 Å². The van der Waals surface area contributed by atoms with Gasteiger partial charge in [0.2, 0.25) is 0 Å². The fourth-order valence-electron chi connectivity index (χ4n) is 5.01. The van der Waals surface area contributed by atoms with Gasteiger partial charge in [0.15, 0.2) is 0 Å². The lowest BCUT2D eigenvalue weighted by molar-refractivity contribution is -0.145. The number of carbonyl (C=O) groups is 1. The van der Waals surface area contributed by atoms with Crippen LogP contribution in [0.25, 0.3) is 16.6 Å². The van der Waals surface area contributed by atoms with Gasteiger partial charge in [-0.05, 0) is 79.6 Å². The number of hydrogen-bond donors (Lipinski definition) is 2. The largest absolute Gasteiger partial charge is 0.508 e. The van der Waals surface area contributed by atoms with Crippen molar-refractivity contribution in [2.75, 3.05) is 13.2 Å². The van der Waals surface area contributed by atoms with Crippen molar-refractivity contribution in [2.45, 2.75) is 38.0 Å². The summed E-state index contributed by atoms with van der Waals surface area (Å²) in [6.45, 7) is 3.03. The first-order chi connectivity index (χ1) is 14.4. The zero-order chi connectivity index (χ0) is 21.0. The number of carboxylic acids is 1. The summed E-state index contributed by atoms with van der Waals surface area (Å²) in [5.41, 5.74) is 4.59. The van der Waals surface area contributed by atoms with E-state index in [4.69, 9.17) is 4.74 Å². The van der Waals surface area contributed by atoms with E-state index in [1.807, 2.05) is 12.1 Å². The number of aromatic hydroxyl groups is 1. The third-order valence-corrected chi connectivity index (χ3v) is 6.64. The molecule has 2 N–H and O–H groups in total. The molecule has 0 bridgehead atoms. The highest BCUT2D eigenvalue weighted by Gasteiger charge is 2.40. The van der Waals surface area contributed by atoms with Gasteiger partial charge in [0.25, 0.3) is 0 Å². The van der Waals surface area contributed by atoms with Gasteiger partial charge in [-0.2, -0.15) is 0 Å². The predicted molar refractivity (Wildman–Crippen MR) is 111 cm³/mol. The summed E-state index contributed by atoms with van der Waals surface area (Å²) >= 11 is 0. The first kappa shape index (κ1) is 19.1. The molecule has 1 saturated carbocycles. The standard InChI is InChI=1S/C24H24FNO4/c1-13-8-17(2-4-20(13)25)26-21-5-3-18(27)11-19(21)22(15-9-16(10-15)24(28)29)23(26)14-6-7-30-12-14/h2-5,8,11,14-16,27H,6-7,9-10,12H2,1H3,(H,28,29)/t14-,15-,16-/m0/s1. The number of fused-ring (bicyclic) bond motifs is 1.